The Kier molecular flexibility index (Phi) is 11.2. The fourth-order valence-corrected chi connectivity index (χ4v) is 2.23. The van der Waals surface area contributed by atoms with E-state index >= 15 is 0 Å². The topological polar surface area (TPSA) is 26.3 Å². The molecule has 0 N–H and O–H groups in total. The van der Waals surface area contributed by atoms with Crippen LogP contribution in [0, 0.1) is 11.8 Å². The highest BCUT2D eigenvalue weighted by Crippen LogP contribution is 2.19. The highest BCUT2D eigenvalue weighted by molar-refractivity contribution is 5.80. The molecule has 0 aromatic rings. The predicted octanol–water partition coefficient (Wildman–Crippen LogP) is 5.00. The molecule has 0 aliphatic rings. The van der Waals surface area contributed by atoms with E-state index in [4.69, 9.17) is 4.74 Å². The SMILES string of the molecule is CCCCOC(CCC)CC(C)CCC(=O)C(C)C. The molecule has 0 aromatic heterocycles. The summed E-state index contributed by atoms with van der Waals surface area (Å²) in [6.07, 6.45) is 7.89. The average molecular weight is 270 g/mol. The van der Waals surface area contributed by atoms with Crippen molar-refractivity contribution in [3.05, 3.63) is 0 Å². The predicted molar refractivity (Wildman–Crippen MR) is 82.4 cm³/mol. The second-order valence-electron chi connectivity index (χ2n) is 6.14. The molecule has 0 bridgehead atoms. The number of ketones is 1. The molecule has 2 atom stereocenters. The third-order valence-electron chi connectivity index (χ3n) is 3.65. The van der Waals surface area contributed by atoms with Crippen LogP contribution < -0.4 is 0 Å². The lowest BCUT2D eigenvalue weighted by Crippen LogP contribution is -2.18. The van der Waals surface area contributed by atoms with E-state index in [-0.39, 0.29) is 5.92 Å². The second kappa shape index (κ2) is 11.5. The largest absolute Gasteiger partial charge is 0.378 e. The quantitative estimate of drug-likeness (QED) is 0.466. The first-order valence-electron chi connectivity index (χ1n) is 8.15. The van der Waals surface area contributed by atoms with Gasteiger partial charge in [0.05, 0.1) is 6.10 Å². The first-order valence-corrected chi connectivity index (χ1v) is 8.15. The Morgan fingerprint density at radius 1 is 1.05 bits per heavy atom. The summed E-state index contributed by atoms with van der Waals surface area (Å²) in [5, 5.41) is 0. The molecule has 19 heavy (non-hydrogen) atoms. The molecular formula is C17H34O2. The molecule has 0 saturated carbocycles. The lowest BCUT2D eigenvalue weighted by atomic mass is 9.93. The van der Waals surface area contributed by atoms with Gasteiger partial charge in [-0.25, -0.2) is 0 Å². The normalized spacial score (nSPS) is 14.6. The molecule has 0 aliphatic carbocycles. The van der Waals surface area contributed by atoms with Crippen molar-refractivity contribution in [3.63, 3.8) is 0 Å². The molecule has 0 spiro atoms. The zero-order valence-corrected chi connectivity index (χ0v) is 13.7. The first kappa shape index (κ1) is 18.6. The number of Topliss-reactive ketones (excluding diaryl/α,β-unsaturated/α-hetero) is 1. The summed E-state index contributed by atoms with van der Waals surface area (Å²) in [5.74, 6) is 1.16. The van der Waals surface area contributed by atoms with Crippen LogP contribution in [0.4, 0.5) is 0 Å². The minimum absolute atomic E-state index is 0.180. The maximum atomic E-state index is 11.6. The maximum absolute atomic E-state index is 11.6. The van der Waals surface area contributed by atoms with Crippen LogP contribution in [0.1, 0.15) is 79.6 Å². The third kappa shape index (κ3) is 10.1. The van der Waals surface area contributed by atoms with Gasteiger partial charge in [-0.3, -0.25) is 4.79 Å². The van der Waals surface area contributed by atoms with Gasteiger partial charge in [0.2, 0.25) is 0 Å². The molecule has 0 aromatic carbocycles. The molecule has 0 rings (SSSR count). The van der Waals surface area contributed by atoms with Gasteiger partial charge in [-0.1, -0.05) is 47.5 Å². The maximum Gasteiger partial charge on any atom is 0.135 e. The Labute approximate surface area is 120 Å². The lowest BCUT2D eigenvalue weighted by molar-refractivity contribution is -0.122. The van der Waals surface area contributed by atoms with Crippen LogP contribution in [0.3, 0.4) is 0 Å². The van der Waals surface area contributed by atoms with Crippen LogP contribution in [0.2, 0.25) is 0 Å². The van der Waals surface area contributed by atoms with Crippen molar-refractivity contribution in [2.45, 2.75) is 85.7 Å². The summed E-state index contributed by atoms with van der Waals surface area (Å²) >= 11 is 0. The molecule has 2 nitrogen and oxygen atoms in total. The zero-order chi connectivity index (χ0) is 14.7. The van der Waals surface area contributed by atoms with Gasteiger partial charge in [0.15, 0.2) is 0 Å². The molecule has 0 saturated heterocycles. The van der Waals surface area contributed by atoms with E-state index in [9.17, 15) is 4.79 Å². The highest BCUT2D eigenvalue weighted by Gasteiger charge is 2.15. The van der Waals surface area contributed by atoms with Crippen molar-refractivity contribution in [2.24, 2.45) is 11.8 Å². The highest BCUT2D eigenvalue weighted by atomic mass is 16.5. The fourth-order valence-electron chi connectivity index (χ4n) is 2.23. The van der Waals surface area contributed by atoms with Crippen LogP contribution in [0.15, 0.2) is 0 Å². The van der Waals surface area contributed by atoms with E-state index in [0.717, 1.165) is 38.7 Å². The van der Waals surface area contributed by atoms with E-state index in [1.807, 2.05) is 13.8 Å². The lowest BCUT2D eigenvalue weighted by Gasteiger charge is -2.21. The molecule has 0 amide bonds. The summed E-state index contributed by atoms with van der Waals surface area (Å²) in [4.78, 5) is 11.6. The molecule has 2 heteroatoms. The van der Waals surface area contributed by atoms with Crippen LogP contribution >= 0.6 is 0 Å². The summed E-state index contributed by atoms with van der Waals surface area (Å²) < 4.78 is 5.96. The number of hydrogen-bond donors (Lipinski definition) is 0. The summed E-state index contributed by atoms with van der Waals surface area (Å²) in [6, 6.07) is 0. The molecule has 114 valence electrons. The van der Waals surface area contributed by atoms with Gasteiger partial charge in [0, 0.05) is 18.9 Å². The van der Waals surface area contributed by atoms with Crippen molar-refractivity contribution in [3.8, 4) is 0 Å². The van der Waals surface area contributed by atoms with Crippen molar-refractivity contribution in [1.29, 1.82) is 0 Å². The van der Waals surface area contributed by atoms with Crippen LogP contribution in [-0.2, 0) is 9.53 Å². The first-order chi connectivity index (χ1) is 9.01. The van der Waals surface area contributed by atoms with Crippen molar-refractivity contribution in [2.75, 3.05) is 6.61 Å². The number of hydrogen-bond acceptors (Lipinski definition) is 2. The molecule has 0 heterocycles. The fraction of sp³-hybridized carbons (Fsp3) is 0.941. The molecule has 0 fully saturated rings. The Morgan fingerprint density at radius 2 is 1.74 bits per heavy atom. The number of ether oxygens (including phenoxy) is 1. The molecule has 0 radical (unpaired) electrons. The molecule has 0 aliphatic heterocycles. The average Bonchev–Trinajstić information content (AvgIpc) is 2.36. The van der Waals surface area contributed by atoms with Crippen molar-refractivity contribution < 1.29 is 9.53 Å². The van der Waals surface area contributed by atoms with Crippen LogP contribution in [0.5, 0.6) is 0 Å². The van der Waals surface area contributed by atoms with Crippen LogP contribution in [-0.4, -0.2) is 18.5 Å². The smallest absolute Gasteiger partial charge is 0.135 e. The Hall–Kier alpha value is -0.370. The standard InChI is InChI=1S/C17H34O2/c1-6-8-12-19-16(9-7-2)13-15(5)10-11-17(18)14(3)4/h14-16H,6-13H2,1-5H3. The van der Waals surface area contributed by atoms with Gasteiger partial charge in [0.1, 0.15) is 5.78 Å². The van der Waals surface area contributed by atoms with Gasteiger partial charge in [-0.05, 0) is 31.6 Å². The number of unbranched alkanes of at least 4 members (excludes halogenated alkanes) is 1. The minimum Gasteiger partial charge on any atom is -0.378 e. The monoisotopic (exact) mass is 270 g/mol. The summed E-state index contributed by atoms with van der Waals surface area (Å²) in [7, 11) is 0. The van der Waals surface area contributed by atoms with Gasteiger partial charge in [-0.2, -0.15) is 0 Å². The van der Waals surface area contributed by atoms with E-state index in [0.29, 0.717) is 17.8 Å². The summed E-state index contributed by atoms with van der Waals surface area (Å²) in [5.41, 5.74) is 0. The Bertz CT molecular complexity index is 223. The number of rotatable bonds is 12. The van der Waals surface area contributed by atoms with Crippen molar-refractivity contribution >= 4 is 5.78 Å². The van der Waals surface area contributed by atoms with Gasteiger partial charge in [0.25, 0.3) is 0 Å². The summed E-state index contributed by atoms with van der Waals surface area (Å²) in [6.45, 7) is 11.5. The van der Waals surface area contributed by atoms with E-state index in [1.54, 1.807) is 0 Å². The van der Waals surface area contributed by atoms with E-state index in [1.165, 1.54) is 12.8 Å². The van der Waals surface area contributed by atoms with E-state index in [2.05, 4.69) is 20.8 Å². The van der Waals surface area contributed by atoms with Gasteiger partial charge >= 0.3 is 0 Å². The van der Waals surface area contributed by atoms with Gasteiger partial charge < -0.3 is 4.74 Å². The van der Waals surface area contributed by atoms with Crippen LogP contribution in [0.25, 0.3) is 0 Å². The van der Waals surface area contributed by atoms with Gasteiger partial charge in [-0.15, -0.1) is 0 Å². The Balaban J connectivity index is 3.94. The minimum atomic E-state index is 0.180. The number of carbonyl (C=O) groups is 1. The zero-order valence-electron chi connectivity index (χ0n) is 13.7. The third-order valence-corrected chi connectivity index (χ3v) is 3.65. The molecule has 2 unspecified atom stereocenters. The van der Waals surface area contributed by atoms with E-state index < -0.39 is 0 Å². The molecular weight excluding hydrogens is 236 g/mol. The second-order valence-corrected chi connectivity index (χ2v) is 6.14. The Morgan fingerprint density at radius 3 is 2.26 bits per heavy atom. The van der Waals surface area contributed by atoms with Crippen molar-refractivity contribution in [1.82, 2.24) is 0 Å². The number of carbonyl (C=O) groups excluding carboxylic acids is 1.